The molecule has 1 aliphatic heterocycles. The van der Waals surface area contributed by atoms with Crippen LogP contribution in [0.15, 0.2) is 4.99 Å². The molecule has 1 saturated heterocycles. The first kappa shape index (κ1) is 15.7. The highest BCUT2D eigenvalue weighted by molar-refractivity contribution is 8.14. The van der Waals surface area contributed by atoms with Crippen molar-refractivity contribution in [1.82, 2.24) is 5.32 Å². The number of hydrogen-bond acceptors (Lipinski definition) is 2. The van der Waals surface area contributed by atoms with Crippen molar-refractivity contribution in [3.05, 3.63) is 0 Å². The number of nitrogens with one attached hydrogen (secondary N) is 1. The lowest BCUT2D eigenvalue weighted by atomic mass is 9.78. The van der Waals surface area contributed by atoms with E-state index < -0.39 is 0 Å². The Balaban J connectivity index is 1.50. The third-order valence-electron chi connectivity index (χ3n) is 5.90. The van der Waals surface area contributed by atoms with Gasteiger partial charge in [-0.3, -0.25) is 4.99 Å². The fourth-order valence-electron chi connectivity index (χ4n) is 4.30. The fourth-order valence-corrected chi connectivity index (χ4v) is 5.58. The van der Waals surface area contributed by atoms with Crippen molar-refractivity contribution in [1.29, 1.82) is 0 Å². The molecule has 1 heterocycles. The fraction of sp³-hybridized carbons (Fsp3) is 0.944. The molecule has 120 valence electrons. The van der Waals surface area contributed by atoms with Crippen LogP contribution in [0.2, 0.25) is 0 Å². The van der Waals surface area contributed by atoms with E-state index >= 15 is 0 Å². The van der Waals surface area contributed by atoms with E-state index in [1.54, 1.807) is 0 Å². The molecule has 0 radical (unpaired) electrons. The Morgan fingerprint density at radius 1 is 1.14 bits per heavy atom. The highest BCUT2D eigenvalue weighted by Crippen LogP contribution is 2.39. The van der Waals surface area contributed by atoms with E-state index in [1.807, 2.05) is 11.8 Å². The van der Waals surface area contributed by atoms with Gasteiger partial charge in [0, 0.05) is 11.3 Å². The first-order valence-electron chi connectivity index (χ1n) is 9.18. The van der Waals surface area contributed by atoms with E-state index in [1.165, 1.54) is 75.1 Å². The number of amidine groups is 1. The van der Waals surface area contributed by atoms with Gasteiger partial charge in [0.2, 0.25) is 0 Å². The minimum absolute atomic E-state index is 0.398. The molecule has 3 rings (SSSR count). The number of nitrogens with zero attached hydrogens (tertiary/aromatic N) is 1. The first-order valence-corrected chi connectivity index (χ1v) is 10.2. The summed E-state index contributed by atoms with van der Waals surface area (Å²) in [5, 5.41) is 5.09. The molecule has 1 N–H and O–H groups in total. The summed E-state index contributed by atoms with van der Waals surface area (Å²) in [6.07, 6.45) is 13.7. The predicted molar refractivity (Wildman–Crippen MR) is 94.0 cm³/mol. The summed E-state index contributed by atoms with van der Waals surface area (Å²) >= 11 is 1.99. The molecule has 0 aromatic heterocycles. The molecule has 0 amide bonds. The molecule has 2 saturated carbocycles. The minimum Gasteiger partial charge on any atom is -0.359 e. The Bertz CT molecular complexity index is 363. The van der Waals surface area contributed by atoms with Crippen molar-refractivity contribution in [3.63, 3.8) is 0 Å². The molecule has 0 bridgehead atoms. The van der Waals surface area contributed by atoms with E-state index in [4.69, 9.17) is 4.99 Å². The van der Waals surface area contributed by atoms with Crippen molar-refractivity contribution in [2.75, 3.05) is 5.75 Å². The number of thioether (sulfide) groups is 1. The van der Waals surface area contributed by atoms with Crippen molar-refractivity contribution < 1.29 is 0 Å². The van der Waals surface area contributed by atoms with E-state index in [2.05, 4.69) is 19.2 Å². The highest BCUT2D eigenvalue weighted by Gasteiger charge is 2.39. The zero-order valence-corrected chi connectivity index (χ0v) is 14.7. The Kier molecular flexibility index (Phi) is 5.19. The maximum absolute atomic E-state index is 5.07. The van der Waals surface area contributed by atoms with Crippen LogP contribution in [-0.2, 0) is 0 Å². The molecule has 2 nitrogen and oxygen atoms in total. The number of aliphatic imine (C=N–C) groups is 1. The van der Waals surface area contributed by atoms with Gasteiger partial charge >= 0.3 is 0 Å². The second-order valence-corrected chi connectivity index (χ2v) is 8.74. The van der Waals surface area contributed by atoms with Crippen LogP contribution in [0.4, 0.5) is 0 Å². The predicted octanol–water partition coefficient (Wildman–Crippen LogP) is 4.99. The van der Waals surface area contributed by atoms with Gasteiger partial charge in [0.1, 0.15) is 0 Å². The average Bonchev–Trinajstić information content (AvgIpc) is 2.88. The van der Waals surface area contributed by atoms with Crippen LogP contribution in [0.3, 0.4) is 0 Å². The monoisotopic (exact) mass is 308 g/mol. The largest absolute Gasteiger partial charge is 0.359 e. The number of hydrogen-bond donors (Lipinski definition) is 1. The molecule has 0 unspecified atom stereocenters. The number of rotatable bonds is 3. The summed E-state index contributed by atoms with van der Waals surface area (Å²) in [6, 6.07) is 0.603. The molecule has 0 aromatic carbocycles. The Morgan fingerprint density at radius 2 is 1.86 bits per heavy atom. The van der Waals surface area contributed by atoms with Crippen molar-refractivity contribution in [2.45, 2.75) is 89.6 Å². The van der Waals surface area contributed by atoms with Gasteiger partial charge in [0.15, 0.2) is 5.17 Å². The van der Waals surface area contributed by atoms with Crippen LogP contribution < -0.4 is 5.32 Å². The average molecular weight is 309 g/mol. The van der Waals surface area contributed by atoms with Gasteiger partial charge in [-0.2, -0.15) is 0 Å². The zero-order chi connectivity index (χ0) is 14.7. The first-order chi connectivity index (χ1) is 10.2. The van der Waals surface area contributed by atoms with Crippen LogP contribution >= 0.6 is 11.8 Å². The molecule has 2 aliphatic carbocycles. The molecule has 0 aromatic rings. The summed E-state index contributed by atoms with van der Waals surface area (Å²) in [4.78, 5) is 5.07. The van der Waals surface area contributed by atoms with Gasteiger partial charge in [-0.15, -0.1) is 0 Å². The second kappa shape index (κ2) is 6.93. The molecule has 21 heavy (non-hydrogen) atoms. The van der Waals surface area contributed by atoms with Gasteiger partial charge < -0.3 is 5.32 Å². The lowest BCUT2D eigenvalue weighted by Gasteiger charge is -2.35. The second-order valence-electron chi connectivity index (χ2n) is 7.77. The molecular formula is C18H32N2S. The smallest absolute Gasteiger partial charge is 0.157 e. The van der Waals surface area contributed by atoms with E-state index in [0.29, 0.717) is 11.6 Å². The standard InChI is InChI=1S/C18H32N2S/c1-3-4-15-5-7-16(8-6-15)19-17-20-18(13-21-17)11-9-14(2)10-12-18/h14-16H,3-13H2,1-2H3,(H,19,20). The molecule has 1 spiro atoms. The SMILES string of the molecule is CCCC1CCC(N=C2NC3(CCC(C)CC3)CS2)CC1. The van der Waals surface area contributed by atoms with Crippen LogP contribution in [0.25, 0.3) is 0 Å². The van der Waals surface area contributed by atoms with Gasteiger partial charge in [-0.25, -0.2) is 0 Å². The van der Waals surface area contributed by atoms with Gasteiger partial charge in [0.05, 0.1) is 6.04 Å². The maximum atomic E-state index is 5.07. The Hall–Kier alpha value is -0.180. The molecule has 3 aliphatic rings. The van der Waals surface area contributed by atoms with Crippen molar-refractivity contribution >= 4 is 16.9 Å². The maximum Gasteiger partial charge on any atom is 0.157 e. The quantitative estimate of drug-likeness (QED) is 0.794. The molecule has 0 atom stereocenters. The van der Waals surface area contributed by atoms with Crippen molar-refractivity contribution in [2.24, 2.45) is 16.8 Å². The van der Waals surface area contributed by atoms with E-state index in [9.17, 15) is 0 Å². The van der Waals surface area contributed by atoms with Crippen LogP contribution in [0.1, 0.15) is 78.1 Å². The lowest BCUT2D eigenvalue weighted by molar-refractivity contribution is 0.250. The normalized spacial score (nSPS) is 42.4. The van der Waals surface area contributed by atoms with Crippen LogP contribution in [0, 0.1) is 11.8 Å². The van der Waals surface area contributed by atoms with E-state index in [-0.39, 0.29) is 0 Å². The lowest BCUT2D eigenvalue weighted by Crippen LogP contribution is -2.46. The minimum atomic E-state index is 0.398. The molecule has 3 fully saturated rings. The summed E-state index contributed by atoms with van der Waals surface area (Å²) in [5.74, 6) is 3.17. The van der Waals surface area contributed by atoms with Gasteiger partial charge in [-0.1, -0.05) is 38.5 Å². The summed E-state index contributed by atoms with van der Waals surface area (Å²) < 4.78 is 0. The Labute approximate surface area is 134 Å². The highest BCUT2D eigenvalue weighted by atomic mass is 32.2. The zero-order valence-electron chi connectivity index (χ0n) is 13.9. The van der Waals surface area contributed by atoms with Crippen LogP contribution in [0.5, 0.6) is 0 Å². The topological polar surface area (TPSA) is 24.4 Å². The van der Waals surface area contributed by atoms with Crippen LogP contribution in [-0.4, -0.2) is 22.5 Å². The molecule has 3 heteroatoms. The van der Waals surface area contributed by atoms with Gasteiger partial charge in [-0.05, 0) is 63.2 Å². The summed E-state index contributed by atoms with van der Waals surface area (Å²) in [5.41, 5.74) is 0.398. The summed E-state index contributed by atoms with van der Waals surface area (Å²) in [6.45, 7) is 4.72. The third-order valence-corrected chi connectivity index (χ3v) is 7.08. The van der Waals surface area contributed by atoms with Crippen molar-refractivity contribution in [3.8, 4) is 0 Å². The Morgan fingerprint density at radius 3 is 2.52 bits per heavy atom. The van der Waals surface area contributed by atoms with E-state index in [0.717, 1.165) is 11.8 Å². The van der Waals surface area contributed by atoms with Gasteiger partial charge in [0.25, 0.3) is 0 Å². The third kappa shape index (κ3) is 3.97. The summed E-state index contributed by atoms with van der Waals surface area (Å²) in [7, 11) is 0. The molecular weight excluding hydrogens is 276 g/mol.